The van der Waals surface area contributed by atoms with Crippen LogP contribution in [0.15, 0.2) is 54.6 Å². The van der Waals surface area contributed by atoms with Crippen molar-refractivity contribution in [2.24, 2.45) is 0 Å². The number of halogens is 1. The lowest BCUT2D eigenvalue weighted by Gasteiger charge is -2.12. The van der Waals surface area contributed by atoms with Crippen LogP contribution < -0.4 is 4.74 Å². The summed E-state index contributed by atoms with van der Waals surface area (Å²) in [5.74, 6) is 0.747. The maximum absolute atomic E-state index is 13.4. The Morgan fingerprint density at radius 1 is 0.952 bits per heavy atom. The van der Waals surface area contributed by atoms with E-state index in [2.05, 4.69) is 6.07 Å². The molecule has 3 aromatic rings. The number of fused-ring (bicyclic) bond motifs is 1. The summed E-state index contributed by atoms with van der Waals surface area (Å²) in [6.45, 7) is 1.86. The molecule has 0 saturated carbocycles. The molecule has 3 rings (SSSR count). The first-order valence-corrected chi connectivity index (χ1v) is 6.55. The van der Waals surface area contributed by atoms with Gasteiger partial charge in [-0.05, 0) is 30.7 Å². The summed E-state index contributed by atoms with van der Waals surface area (Å²) in [4.78, 5) is 0. The number of nitriles is 1. The van der Waals surface area contributed by atoms with Crippen molar-refractivity contribution in [2.45, 2.75) is 6.92 Å². The first-order chi connectivity index (χ1) is 10.2. The summed E-state index contributed by atoms with van der Waals surface area (Å²) in [6.07, 6.45) is 0. The van der Waals surface area contributed by atoms with Crippen molar-refractivity contribution in [1.82, 2.24) is 0 Å². The molecule has 0 aliphatic carbocycles. The Balaban J connectivity index is 2.14. The highest BCUT2D eigenvalue weighted by atomic mass is 19.1. The van der Waals surface area contributed by atoms with Gasteiger partial charge in [0.15, 0.2) is 0 Å². The van der Waals surface area contributed by atoms with E-state index in [4.69, 9.17) is 10.00 Å². The van der Waals surface area contributed by atoms with Gasteiger partial charge in [0.1, 0.15) is 17.3 Å². The average molecular weight is 277 g/mol. The molecule has 0 spiro atoms. The van der Waals surface area contributed by atoms with E-state index in [0.29, 0.717) is 17.1 Å². The second kappa shape index (κ2) is 5.26. The van der Waals surface area contributed by atoms with Gasteiger partial charge < -0.3 is 4.74 Å². The topological polar surface area (TPSA) is 33.0 Å². The molecule has 0 aliphatic heterocycles. The summed E-state index contributed by atoms with van der Waals surface area (Å²) in [5.41, 5.74) is 1.44. The minimum atomic E-state index is -0.339. The normalized spacial score (nSPS) is 10.3. The molecule has 0 aliphatic rings. The molecule has 0 fully saturated rings. The van der Waals surface area contributed by atoms with Crippen molar-refractivity contribution >= 4 is 10.8 Å². The van der Waals surface area contributed by atoms with Gasteiger partial charge in [-0.2, -0.15) is 5.26 Å². The van der Waals surface area contributed by atoms with Crippen LogP contribution in [0.4, 0.5) is 4.39 Å². The molecule has 3 heteroatoms. The predicted molar refractivity (Wildman–Crippen MR) is 79.9 cm³/mol. The highest BCUT2D eigenvalue weighted by Crippen LogP contribution is 2.33. The van der Waals surface area contributed by atoms with Gasteiger partial charge in [-0.15, -0.1) is 0 Å². The molecule has 0 unspecified atom stereocenters. The van der Waals surface area contributed by atoms with Crippen molar-refractivity contribution in [3.8, 4) is 17.6 Å². The van der Waals surface area contributed by atoms with Crippen LogP contribution >= 0.6 is 0 Å². The molecule has 2 nitrogen and oxygen atoms in total. The molecule has 102 valence electrons. The first-order valence-electron chi connectivity index (χ1n) is 6.55. The Kier molecular flexibility index (Phi) is 3.29. The molecule has 0 saturated heterocycles. The van der Waals surface area contributed by atoms with Gasteiger partial charge in [-0.3, -0.25) is 0 Å². The molecule has 3 aromatic carbocycles. The highest BCUT2D eigenvalue weighted by Gasteiger charge is 2.09. The van der Waals surface area contributed by atoms with Crippen molar-refractivity contribution in [2.75, 3.05) is 0 Å². The molecular formula is C18H12FNO. The second-order valence-corrected chi connectivity index (χ2v) is 4.78. The van der Waals surface area contributed by atoms with Crippen LogP contribution in [0.25, 0.3) is 10.8 Å². The third-order valence-corrected chi connectivity index (χ3v) is 3.37. The summed E-state index contributed by atoms with van der Waals surface area (Å²) in [7, 11) is 0. The lowest BCUT2D eigenvalue weighted by molar-refractivity contribution is 0.478. The van der Waals surface area contributed by atoms with Crippen LogP contribution in [0.3, 0.4) is 0 Å². The molecular weight excluding hydrogens is 265 g/mol. The SMILES string of the molecule is Cc1ccc(F)cc1Oc1ccc(C#N)c2ccccc12. The fourth-order valence-electron chi connectivity index (χ4n) is 2.26. The molecule has 0 amide bonds. The number of hydrogen-bond donors (Lipinski definition) is 0. The van der Waals surface area contributed by atoms with E-state index in [9.17, 15) is 4.39 Å². The zero-order valence-electron chi connectivity index (χ0n) is 11.4. The van der Waals surface area contributed by atoms with Gasteiger partial charge in [0.25, 0.3) is 0 Å². The zero-order chi connectivity index (χ0) is 14.8. The summed E-state index contributed by atoms with van der Waals surface area (Å²) in [5, 5.41) is 10.8. The smallest absolute Gasteiger partial charge is 0.135 e. The van der Waals surface area contributed by atoms with E-state index < -0.39 is 0 Å². The van der Waals surface area contributed by atoms with Gasteiger partial charge in [0.05, 0.1) is 11.6 Å². The quantitative estimate of drug-likeness (QED) is 0.663. The van der Waals surface area contributed by atoms with E-state index >= 15 is 0 Å². The third kappa shape index (κ3) is 2.44. The number of benzene rings is 3. The van der Waals surface area contributed by atoms with Crippen LogP contribution in [-0.4, -0.2) is 0 Å². The zero-order valence-corrected chi connectivity index (χ0v) is 11.4. The van der Waals surface area contributed by atoms with Crippen LogP contribution in [-0.2, 0) is 0 Å². The van der Waals surface area contributed by atoms with Crippen LogP contribution in [0, 0.1) is 24.1 Å². The Morgan fingerprint density at radius 2 is 1.71 bits per heavy atom. The Morgan fingerprint density at radius 3 is 2.48 bits per heavy atom. The van der Waals surface area contributed by atoms with Crippen molar-refractivity contribution in [3.05, 3.63) is 71.5 Å². The number of hydrogen-bond acceptors (Lipinski definition) is 2. The molecule has 0 radical (unpaired) electrons. The lowest BCUT2D eigenvalue weighted by atomic mass is 10.0. The maximum atomic E-state index is 13.4. The van der Waals surface area contributed by atoms with Gasteiger partial charge in [0.2, 0.25) is 0 Å². The minimum Gasteiger partial charge on any atom is -0.456 e. The summed E-state index contributed by atoms with van der Waals surface area (Å²) in [6, 6.07) is 17.6. The second-order valence-electron chi connectivity index (χ2n) is 4.78. The van der Waals surface area contributed by atoms with Crippen molar-refractivity contribution in [1.29, 1.82) is 5.26 Å². The monoisotopic (exact) mass is 277 g/mol. The Hall–Kier alpha value is -2.86. The molecule has 21 heavy (non-hydrogen) atoms. The van der Waals surface area contributed by atoms with E-state index in [1.165, 1.54) is 12.1 Å². The molecule has 0 atom stereocenters. The van der Waals surface area contributed by atoms with Crippen LogP contribution in [0.1, 0.15) is 11.1 Å². The van der Waals surface area contributed by atoms with Gasteiger partial charge >= 0.3 is 0 Å². The molecule has 0 aromatic heterocycles. The van der Waals surface area contributed by atoms with E-state index in [1.807, 2.05) is 31.2 Å². The van der Waals surface area contributed by atoms with Crippen molar-refractivity contribution in [3.63, 3.8) is 0 Å². The van der Waals surface area contributed by atoms with Gasteiger partial charge in [-0.25, -0.2) is 4.39 Å². The predicted octanol–water partition coefficient (Wildman–Crippen LogP) is 4.95. The van der Waals surface area contributed by atoms with E-state index in [0.717, 1.165) is 16.3 Å². The standard InChI is InChI=1S/C18H12FNO/c1-12-6-8-14(19)10-18(12)21-17-9-7-13(11-20)15-4-2-3-5-16(15)17/h2-10H,1H3. The molecule has 0 N–H and O–H groups in total. The highest BCUT2D eigenvalue weighted by molar-refractivity contribution is 5.92. The van der Waals surface area contributed by atoms with E-state index in [1.54, 1.807) is 18.2 Å². The number of rotatable bonds is 2. The fourth-order valence-corrected chi connectivity index (χ4v) is 2.26. The fraction of sp³-hybridized carbons (Fsp3) is 0.0556. The third-order valence-electron chi connectivity index (χ3n) is 3.37. The number of nitrogens with zero attached hydrogens (tertiary/aromatic N) is 1. The number of ether oxygens (including phenoxy) is 1. The van der Waals surface area contributed by atoms with Crippen molar-refractivity contribution < 1.29 is 9.13 Å². The van der Waals surface area contributed by atoms with E-state index in [-0.39, 0.29) is 5.82 Å². The van der Waals surface area contributed by atoms with Crippen LogP contribution in [0.2, 0.25) is 0 Å². The summed E-state index contributed by atoms with van der Waals surface area (Å²) < 4.78 is 19.2. The summed E-state index contributed by atoms with van der Waals surface area (Å²) >= 11 is 0. The largest absolute Gasteiger partial charge is 0.456 e. The van der Waals surface area contributed by atoms with Crippen LogP contribution in [0.5, 0.6) is 11.5 Å². The number of aryl methyl sites for hydroxylation is 1. The lowest BCUT2D eigenvalue weighted by Crippen LogP contribution is -1.91. The first kappa shape index (κ1) is 13.1. The Labute approximate surface area is 122 Å². The minimum absolute atomic E-state index is 0.339. The molecule has 0 bridgehead atoms. The van der Waals surface area contributed by atoms with Gasteiger partial charge in [-0.1, -0.05) is 30.3 Å². The molecule has 0 heterocycles. The Bertz CT molecular complexity index is 865. The average Bonchev–Trinajstić information content (AvgIpc) is 2.51. The van der Waals surface area contributed by atoms with Gasteiger partial charge in [0, 0.05) is 16.8 Å². The maximum Gasteiger partial charge on any atom is 0.135 e.